The molecule has 0 saturated heterocycles. The number of rotatable bonds is 8. The van der Waals surface area contributed by atoms with E-state index in [2.05, 4.69) is 95.0 Å². The van der Waals surface area contributed by atoms with Gasteiger partial charge in [-0.05, 0) is 25.7 Å². The van der Waals surface area contributed by atoms with E-state index in [4.69, 9.17) is 0 Å². The topological polar surface area (TPSA) is 102 Å². The largest absolute Gasteiger partial charge is 0.467 e. The highest BCUT2D eigenvalue weighted by Crippen LogP contribution is 2.30. The average Bonchev–Trinajstić information content (AvgIpc) is 3.84. The third-order valence-corrected chi connectivity index (χ3v) is 5.00. The predicted octanol–water partition coefficient (Wildman–Crippen LogP) is 7.47. The Labute approximate surface area is 215 Å². The Balaban J connectivity index is 0.000000463. The molecule has 0 amide bonds. The van der Waals surface area contributed by atoms with Crippen LogP contribution in [0.15, 0.2) is 82.1 Å². The summed E-state index contributed by atoms with van der Waals surface area (Å²) in [7, 11) is 1.68. The molecule has 8 nitrogen and oxygen atoms in total. The standard InChI is InChI=1S/C8H6N2O.C8H8N2.C7H14O2.C3H8O.C2H4/c11-5-6-1-3-7(4-2-6)8-9-10-8;1-6-2-4-7(5-3-6)8-9-10-8;1-4-7(2,3)5-9-6-8;1-3-4-2;1-2/h1-5,8H;2-5,8H,1H3;6H,4-5H2,1-3H3;3H2,1-2H3;1-2H2. The summed E-state index contributed by atoms with van der Waals surface area (Å²) >= 11 is 0. The molecule has 0 bridgehead atoms. The second kappa shape index (κ2) is 18.8. The van der Waals surface area contributed by atoms with E-state index in [0.29, 0.717) is 18.6 Å². The van der Waals surface area contributed by atoms with Crippen molar-refractivity contribution in [3.05, 3.63) is 83.9 Å². The maximum atomic E-state index is 10.3. The van der Waals surface area contributed by atoms with E-state index in [1.165, 1.54) is 11.1 Å². The molecule has 2 aromatic carbocycles. The Bertz CT molecular complexity index is 912. The monoisotopic (exact) mass is 496 g/mol. The van der Waals surface area contributed by atoms with E-state index in [0.717, 1.165) is 24.9 Å². The molecular formula is C28H40N4O4. The maximum Gasteiger partial charge on any atom is 0.293 e. The van der Waals surface area contributed by atoms with Crippen LogP contribution < -0.4 is 0 Å². The van der Waals surface area contributed by atoms with Crippen LogP contribution in [0.5, 0.6) is 0 Å². The lowest BCUT2D eigenvalue weighted by Crippen LogP contribution is -2.17. The quantitative estimate of drug-likeness (QED) is 0.279. The Kier molecular flexibility index (Phi) is 16.9. The molecule has 2 aliphatic rings. The summed E-state index contributed by atoms with van der Waals surface area (Å²) in [6.07, 6.45) is 2.04. The van der Waals surface area contributed by atoms with Gasteiger partial charge >= 0.3 is 0 Å². The number of ether oxygens (including phenoxy) is 2. The second-order valence-corrected chi connectivity index (χ2v) is 8.41. The molecule has 0 unspecified atom stereocenters. The molecule has 0 aliphatic carbocycles. The molecule has 4 rings (SSSR count). The lowest BCUT2D eigenvalue weighted by molar-refractivity contribution is -0.131. The number of carbonyl (C=O) groups excluding carboxylic acids is 2. The smallest absolute Gasteiger partial charge is 0.293 e. The van der Waals surface area contributed by atoms with Crippen molar-refractivity contribution in [2.24, 2.45) is 25.9 Å². The van der Waals surface area contributed by atoms with E-state index in [1.54, 1.807) is 19.2 Å². The SMILES string of the molecule is C=C.CCC(C)(C)COC=O.CCOC.Cc1ccc(C2N=N2)cc1.O=Cc1ccc(C2N=N2)cc1. The van der Waals surface area contributed by atoms with Crippen molar-refractivity contribution in [1.29, 1.82) is 0 Å². The third-order valence-electron chi connectivity index (χ3n) is 5.00. The first-order valence-corrected chi connectivity index (χ1v) is 11.8. The van der Waals surface area contributed by atoms with Gasteiger partial charge in [-0.2, -0.15) is 20.5 Å². The molecule has 2 heterocycles. The van der Waals surface area contributed by atoms with Crippen molar-refractivity contribution in [1.82, 2.24) is 0 Å². The Morgan fingerprint density at radius 2 is 1.28 bits per heavy atom. The third kappa shape index (κ3) is 15.4. The highest BCUT2D eigenvalue weighted by molar-refractivity contribution is 5.74. The van der Waals surface area contributed by atoms with Crippen LogP contribution in [0.4, 0.5) is 0 Å². The first kappa shape index (κ1) is 32.5. The van der Waals surface area contributed by atoms with Gasteiger partial charge in [0.2, 0.25) is 12.3 Å². The number of hydrogen-bond acceptors (Lipinski definition) is 8. The van der Waals surface area contributed by atoms with Gasteiger partial charge in [0.25, 0.3) is 6.47 Å². The van der Waals surface area contributed by atoms with Crippen LogP contribution in [0.1, 0.15) is 73.5 Å². The number of benzene rings is 2. The van der Waals surface area contributed by atoms with Gasteiger partial charge < -0.3 is 9.47 Å². The first-order chi connectivity index (χ1) is 17.3. The molecule has 0 spiro atoms. The van der Waals surface area contributed by atoms with Gasteiger partial charge in [-0.1, -0.05) is 74.9 Å². The molecule has 0 atom stereocenters. The van der Waals surface area contributed by atoms with E-state index in [1.807, 2.05) is 19.1 Å². The van der Waals surface area contributed by atoms with Crippen LogP contribution in [-0.4, -0.2) is 33.1 Å². The molecule has 196 valence electrons. The number of aldehydes is 1. The molecule has 0 radical (unpaired) electrons. The number of aryl methyl sites for hydroxylation is 1. The lowest BCUT2D eigenvalue weighted by Gasteiger charge is -2.19. The molecule has 0 saturated carbocycles. The van der Waals surface area contributed by atoms with E-state index >= 15 is 0 Å². The molecule has 0 fully saturated rings. The highest BCUT2D eigenvalue weighted by Gasteiger charge is 2.18. The molecule has 0 aromatic heterocycles. The van der Waals surface area contributed by atoms with Gasteiger partial charge in [0, 0.05) is 30.4 Å². The number of nitrogens with zero attached hydrogens (tertiary/aromatic N) is 4. The fraction of sp³-hybridized carbons (Fsp3) is 0.429. The summed E-state index contributed by atoms with van der Waals surface area (Å²) in [5.74, 6) is 0. The maximum absolute atomic E-state index is 10.3. The molecule has 8 heteroatoms. The molecule has 2 aromatic rings. The van der Waals surface area contributed by atoms with Gasteiger partial charge in [0.05, 0.1) is 6.61 Å². The van der Waals surface area contributed by atoms with Crippen molar-refractivity contribution < 1.29 is 19.1 Å². The minimum Gasteiger partial charge on any atom is -0.467 e. The van der Waals surface area contributed by atoms with Crippen LogP contribution in [0, 0.1) is 12.3 Å². The lowest BCUT2D eigenvalue weighted by atomic mass is 9.92. The van der Waals surface area contributed by atoms with Gasteiger partial charge in [-0.3, -0.25) is 9.59 Å². The summed E-state index contributed by atoms with van der Waals surface area (Å²) in [5.41, 5.74) is 4.36. The zero-order chi connectivity index (χ0) is 27.4. The number of methoxy groups -OCH3 is 1. The van der Waals surface area contributed by atoms with Gasteiger partial charge in [-0.25, -0.2) is 0 Å². The van der Waals surface area contributed by atoms with Gasteiger partial charge in [-0.15, -0.1) is 13.2 Å². The summed E-state index contributed by atoms with van der Waals surface area (Å²) in [5, 5.41) is 15.2. The van der Waals surface area contributed by atoms with E-state index < -0.39 is 0 Å². The van der Waals surface area contributed by atoms with Crippen LogP contribution in [0.3, 0.4) is 0 Å². The van der Waals surface area contributed by atoms with Gasteiger partial charge in [0.15, 0.2) is 0 Å². The van der Waals surface area contributed by atoms with Crippen molar-refractivity contribution in [2.45, 2.75) is 53.4 Å². The Hall–Kier alpha value is -3.52. The van der Waals surface area contributed by atoms with Crippen molar-refractivity contribution >= 4 is 12.8 Å². The number of hydrogen-bond donors (Lipinski definition) is 0. The van der Waals surface area contributed by atoms with Gasteiger partial charge in [0.1, 0.15) is 6.29 Å². The van der Waals surface area contributed by atoms with E-state index in [-0.39, 0.29) is 17.7 Å². The van der Waals surface area contributed by atoms with Crippen molar-refractivity contribution in [2.75, 3.05) is 20.3 Å². The molecule has 36 heavy (non-hydrogen) atoms. The molecule has 0 N–H and O–H groups in total. The van der Waals surface area contributed by atoms with Crippen molar-refractivity contribution in [3.8, 4) is 0 Å². The average molecular weight is 497 g/mol. The summed E-state index contributed by atoms with van der Waals surface area (Å²) in [6, 6.07) is 15.6. The van der Waals surface area contributed by atoms with E-state index in [9.17, 15) is 9.59 Å². The van der Waals surface area contributed by atoms with Crippen LogP contribution in [0.25, 0.3) is 0 Å². The van der Waals surface area contributed by atoms with Crippen LogP contribution >= 0.6 is 0 Å². The summed E-state index contributed by atoms with van der Waals surface area (Å²) in [4.78, 5) is 20.0. The van der Waals surface area contributed by atoms with Crippen molar-refractivity contribution in [3.63, 3.8) is 0 Å². The molecule has 2 aliphatic heterocycles. The highest BCUT2D eigenvalue weighted by atomic mass is 16.5. The minimum atomic E-state index is 0.0377. The summed E-state index contributed by atoms with van der Waals surface area (Å²) in [6.45, 7) is 18.1. The fourth-order valence-corrected chi connectivity index (χ4v) is 2.18. The summed E-state index contributed by atoms with van der Waals surface area (Å²) < 4.78 is 9.15. The minimum absolute atomic E-state index is 0.0377. The first-order valence-electron chi connectivity index (χ1n) is 11.8. The van der Waals surface area contributed by atoms with Crippen LogP contribution in [-0.2, 0) is 14.3 Å². The van der Waals surface area contributed by atoms with Crippen LogP contribution in [0.2, 0.25) is 0 Å². The Morgan fingerprint density at radius 1 is 0.861 bits per heavy atom. The predicted molar refractivity (Wildman–Crippen MR) is 143 cm³/mol. The Morgan fingerprint density at radius 3 is 1.58 bits per heavy atom. The number of carbonyl (C=O) groups is 2. The fourth-order valence-electron chi connectivity index (χ4n) is 2.18. The zero-order valence-electron chi connectivity index (χ0n) is 22.4. The normalized spacial score (nSPS) is 12.6. The zero-order valence-corrected chi connectivity index (χ0v) is 22.4. The second-order valence-electron chi connectivity index (χ2n) is 8.41. The molecular weight excluding hydrogens is 456 g/mol.